The summed E-state index contributed by atoms with van der Waals surface area (Å²) in [6.07, 6.45) is -2.93. The van der Waals surface area contributed by atoms with Gasteiger partial charge in [-0.05, 0) is 126 Å². The lowest BCUT2D eigenvalue weighted by Crippen LogP contribution is -2.48. The summed E-state index contributed by atoms with van der Waals surface area (Å²) in [6.45, 7) is 19.9. The van der Waals surface area contributed by atoms with Crippen molar-refractivity contribution in [3.63, 3.8) is 0 Å². The van der Waals surface area contributed by atoms with Crippen LogP contribution in [0.2, 0.25) is 0 Å². The Kier molecular flexibility index (Phi) is 17.9. The van der Waals surface area contributed by atoms with Crippen LogP contribution in [0.5, 0.6) is 5.75 Å². The number of rotatable bonds is 13. The second-order valence-corrected chi connectivity index (χ2v) is 17.1. The topological polar surface area (TPSA) is 250 Å². The van der Waals surface area contributed by atoms with E-state index in [1.807, 2.05) is 0 Å². The molecule has 0 aromatic heterocycles. The number of carbonyl (C=O) groups is 7. The number of amides is 6. The smallest absolute Gasteiger partial charge is 0.414 e. The van der Waals surface area contributed by atoms with Gasteiger partial charge in [0.25, 0.3) is 5.91 Å². The third kappa shape index (κ3) is 21.9. The van der Waals surface area contributed by atoms with Crippen molar-refractivity contribution in [1.29, 1.82) is 0 Å². The van der Waals surface area contributed by atoms with E-state index < -0.39 is 83.4 Å². The first-order chi connectivity index (χ1) is 27.6. The molecule has 0 aliphatic heterocycles. The first kappa shape index (κ1) is 49.7. The number of alkyl carbamates (subject to hydrolysis) is 3. The zero-order valence-electron chi connectivity index (χ0n) is 36.4. The molecule has 60 heavy (non-hydrogen) atoms. The fraction of sp³-hybridized carbons (Fsp3) is 0.512. The standard InChI is InChI=1S/C41H59N7O12/c1-38(2,3)57-31(50)23-29(33(52)44-26-16-18-28(19-17-26)56-21-20-42-35(53)58-39(4,5)6)46-30(49)24-43-32(51)25-14-13-15-27(22-25)45-34(47-36(54)59-40(7,8)9)48-37(55)60-41(10,11)12/h13-19,22,29H,20-21,23-24H2,1-12H3,(H,42,53)(H,43,51)(H,44,52)(H,46,49)(H2,45,47,48,54,55). The minimum atomic E-state index is -1.40. The van der Waals surface area contributed by atoms with Crippen LogP contribution in [0.4, 0.5) is 25.8 Å². The molecular formula is C41H59N7O12. The Hall–Kier alpha value is -6.40. The van der Waals surface area contributed by atoms with Gasteiger partial charge in [0.2, 0.25) is 17.8 Å². The molecule has 2 rings (SSSR count). The second kappa shape index (κ2) is 21.6. The van der Waals surface area contributed by atoms with Crippen LogP contribution < -0.4 is 36.6 Å². The molecule has 0 radical (unpaired) electrons. The zero-order chi connectivity index (χ0) is 45.5. The Morgan fingerprint density at radius 1 is 0.650 bits per heavy atom. The molecule has 6 amide bonds. The number of ether oxygens (including phenoxy) is 5. The number of benzene rings is 2. The maximum absolute atomic E-state index is 13.4. The fourth-order valence-electron chi connectivity index (χ4n) is 4.50. The van der Waals surface area contributed by atoms with Crippen molar-refractivity contribution in [3.8, 4) is 5.75 Å². The quantitative estimate of drug-likeness (QED) is 0.0500. The van der Waals surface area contributed by atoms with Crippen LogP contribution in [0.25, 0.3) is 0 Å². The normalized spacial score (nSPS) is 12.0. The lowest BCUT2D eigenvalue weighted by atomic mass is 10.1. The molecule has 2 aromatic carbocycles. The molecule has 0 saturated carbocycles. The van der Waals surface area contributed by atoms with Crippen molar-refractivity contribution in [3.05, 3.63) is 54.1 Å². The van der Waals surface area contributed by atoms with Crippen molar-refractivity contribution >= 4 is 59.3 Å². The van der Waals surface area contributed by atoms with E-state index >= 15 is 0 Å². The van der Waals surface area contributed by atoms with Gasteiger partial charge in [-0.25, -0.2) is 19.4 Å². The number of nitrogens with one attached hydrogen (secondary N) is 6. The third-order valence-electron chi connectivity index (χ3n) is 6.60. The molecule has 0 aliphatic rings. The first-order valence-electron chi connectivity index (χ1n) is 19.0. The van der Waals surface area contributed by atoms with Crippen LogP contribution in [0, 0.1) is 0 Å². The van der Waals surface area contributed by atoms with Crippen LogP contribution >= 0.6 is 0 Å². The van der Waals surface area contributed by atoms with E-state index in [0.717, 1.165) is 0 Å². The maximum atomic E-state index is 13.4. The van der Waals surface area contributed by atoms with E-state index in [1.54, 1.807) is 107 Å². The number of carbonyl (C=O) groups excluding carboxylic acids is 7. The van der Waals surface area contributed by atoms with Gasteiger partial charge in [-0.2, -0.15) is 0 Å². The number of anilines is 1. The zero-order valence-corrected chi connectivity index (χ0v) is 36.4. The highest BCUT2D eigenvalue weighted by molar-refractivity contribution is 6.03. The van der Waals surface area contributed by atoms with Crippen molar-refractivity contribution in [1.82, 2.24) is 26.6 Å². The average Bonchev–Trinajstić information content (AvgIpc) is 3.06. The van der Waals surface area contributed by atoms with Crippen LogP contribution in [0.3, 0.4) is 0 Å². The number of aliphatic imine (C=N–C) groups is 1. The molecule has 2 aromatic rings. The summed E-state index contributed by atoms with van der Waals surface area (Å²) in [5, 5.41) is 14.9. The molecule has 19 nitrogen and oxygen atoms in total. The maximum Gasteiger partial charge on any atom is 0.414 e. The Bertz CT molecular complexity index is 1840. The van der Waals surface area contributed by atoms with Gasteiger partial charge in [0.05, 0.1) is 25.2 Å². The Morgan fingerprint density at radius 3 is 1.72 bits per heavy atom. The number of esters is 1. The summed E-state index contributed by atoms with van der Waals surface area (Å²) in [4.78, 5) is 93.4. The summed E-state index contributed by atoms with van der Waals surface area (Å²) >= 11 is 0. The third-order valence-corrected chi connectivity index (χ3v) is 6.60. The average molecular weight is 842 g/mol. The van der Waals surface area contributed by atoms with Gasteiger partial charge in [0.1, 0.15) is 40.8 Å². The molecule has 1 atom stereocenters. The SMILES string of the molecule is CC(C)(C)OC(=O)CC(NC(=O)CNC(=O)c1cccc(N=C(NC(=O)OC(C)(C)C)NC(=O)OC(C)(C)C)c1)C(=O)Nc1ccc(OCCNC(=O)OC(C)(C)C)cc1. The molecule has 0 heterocycles. The molecular weight excluding hydrogens is 782 g/mol. The van der Waals surface area contributed by atoms with Crippen LogP contribution in [-0.2, 0) is 33.3 Å². The predicted molar refractivity (Wildman–Crippen MR) is 222 cm³/mol. The van der Waals surface area contributed by atoms with Gasteiger partial charge in [-0.3, -0.25) is 29.8 Å². The van der Waals surface area contributed by atoms with Gasteiger partial charge >= 0.3 is 24.2 Å². The molecule has 0 aliphatic carbocycles. The van der Waals surface area contributed by atoms with Crippen molar-refractivity contribution in [2.75, 3.05) is 25.0 Å². The molecule has 0 bridgehead atoms. The number of guanidine groups is 1. The molecule has 330 valence electrons. The molecule has 0 saturated heterocycles. The van der Waals surface area contributed by atoms with E-state index in [4.69, 9.17) is 23.7 Å². The summed E-state index contributed by atoms with van der Waals surface area (Å²) < 4.78 is 26.7. The summed E-state index contributed by atoms with van der Waals surface area (Å²) in [6, 6.07) is 10.6. The largest absolute Gasteiger partial charge is 0.492 e. The second-order valence-electron chi connectivity index (χ2n) is 17.1. The molecule has 0 fully saturated rings. The number of hydrogen-bond donors (Lipinski definition) is 6. The van der Waals surface area contributed by atoms with E-state index in [0.29, 0.717) is 11.4 Å². The van der Waals surface area contributed by atoms with Gasteiger partial charge < -0.3 is 45.0 Å². The van der Waals surface area contributed by atoms with Crippen LogP contribution in [-0.4, -0.2) is 96.1 Å². The highest BCUT2D eigenvalue weighted by Crippen LogP contribution is 2.18. The Balaban J connectivity index is 2.12. The Labute approximate surface area is 350 Å². The predicted octanol–water partition coefficient (Wildman–Crippen LogP) is 5.21. The summed E-state index contributed by atoms with van der Waals surface area (Å²) in [7, 11) is 0. The number of hydrogen-bond acceptors (Lipinski definition) is 13. The molecule has 6 N–H and O–H groups in total. The lowest BCUT2D eigenvalue weighted by Gasteiger charge is -2.23. The highest BCUT2D eigenvalue weighted by atomic mass is 16.6. The highest BCUT2D eigenvalue weighted by Gasteiger charge is 2.28. The van der Waals surface area contributed by atoms with Crippen LogP contribution in [0.15, 0.2) is 53.5 Å². The molecule has 1 unspecified atom stereocenters. The van der Waals surface area contributed by atoms with E-state index in [9.17, 15) is 33.6 Å². The van der Waals surface area contributed by atoms with E-state index in [1.165, 1.54) is 24.3 Å². The minimum absolute atomic E-state index is 0.0488. The van der Waals surface area contributed by atoms with Crippen molar-refractivity contribution in [2.45, 2.75) is 118 Å². The minimum Gasteiger partial charge on any atom is -0.492 e. The lowest BCUT2D eigenvalue weighted by molar-refractivity contribution is -0.156. The first-order valence-corrected chi connectivity index (χ1v) is 19.0. The summed E-state index contributed by atoms with van der Waals surface area (Å²) in [5.74, 6) is -2.90. The fourth-order valence-corrected chi connectivity index (χ4v) is 4.50. The van der Waals surface area contributed by atoms with Gasteiger partial charge in [0.15, 0.2) is 0 Å². The Morgan fingerprint density at radius 2 is 1.18 bits per heavy atom. The molecule has 0 spiro atoms. The summed E-state index contributed by atoms with van der Waals surface area (Å²) in [5.41, 5.74) is -2.73. The number of nitrogens with zero attached hydrogens (tertiary/aromatic N) is 1. The monoisotopic (exact) mass is 841 g/mol. The molecule has 19 heteroatoms. The van der Waals surface area contributed by atoms with Gasteiger partial charge in [-0.15, -0.1) is 0 Å². The van der Waals surface area contributed by atoms with Crippen molar-refractivity contribution in [2.24, 2.45) is 4.99 Å². The van der Waals surface area contributed by atoms with Crippen LogP contribution in [0.1, 0.15) is 99.9 Å². The van der Waals surface area contributed by atoms with Crippen molar-refractivity contribution < 1.29 is 57.2 Å². The van der Waals surface area contributed by atoms with E-state index in [-0.39, 0.29) is 30.4 Å². The van der Waals surface area contributed by atoms with Gasteiger partial charge in [0, 0.05) is 11.3 Å². The van der Waals surface area contributed by atoms with E-state index in [2.05, 4.69) is 36.9 Å². The van der Waals surface area contributed by atoms with Gasteiger partial charge in [-0.1, -0.05) is 6.07 Å².